The van der Waals surface area contributed by atoms with Crippen LogP contribution in [0.2, 0.25) is 0 Å². The third kappa shape index (κ3) is 10.6. The highest BCUT2D eigenvalue weighted by Gasteiger charge is 2.03. The molecular weight excluding hydrogens is 186 g/mol. The van der Waals surface area contributed by atoms with Crippen LogP contribution >= 0.6 is 7.92 Å². The summed E-state index contributed by atoms with van der Waals surface area (Å²) in [6, 6.07) is 0. The van der Waals surface area contributed by atoms with Crippen LogP contribution in [0.1, 0.15) is 59.3 Å². The van der Waals surface area contributed by atoms with Crippen molar-refractivity contribution in [3.05, 3.63) is 0 Å². The van der Waals surface area contributed by atoms with Crippen molar-refractivity contribution in [2.45, 2.75) is 59.3 Å². The molecular formula is C12H27BP. The normalized spacial score (nSPS) is 12.2. The van der Waals surface area contributed by atoms with Crippen molar-refractivity contribution < 1.29 is 0 Å². The Labute approximate surface area is 94.6 Å². The van der Waals surface area contributed by atoms with Crippen molar-refractivity contribution in [3.63, 3.8) is 0 Å². The van der Waals surface area contributed by atoms with Gasteiger partial charge >= 0.3 is 0 Å². The van der Waals surface area contributed by atoms with E-state index < -0.39 is 0 Å². The highest BCUT2D eigenvalue weighted by Crippen LogP contribution is 2.37. The second kappa shape index (κ2) is 13.5. The highest BCUT2D eigenvalue weighted by molar-refractivity contribution is 7.57. The van der Waals surface area contributed by atoms with Crippen molar-refractivity contribution >= 4 is 16.3 Å². The van der Waals surface area contributed by atoms with E-state index in [1.807, 2.05) is 0 Å². The highest BCUT2D eigenvalue weighted by atomic mass is 31.1. The number of hydrogen-bond acceptors (Lipinski definition) is 0. The summed E-state index contributed by atoms with van der Waals surface area (Å²) in [6.07, 6.45) is 13.2. The lowest BCUT2D eigenvalue weighted by atomic mass is 10.2. The van der Waals surface area contributed by atoms with Gasteiger partial charge in [0.15, 0.2) is 0 Å². The SMILES string of the molecule is CCCCCCP(CC)CCCC.[B]. The van der Waals surface area contributed by atoms with Crippen LogP contribution in [0.5, 0.6) is 0 Å². The Bertz CT molecular complexity index is 96.3. The monoisotopic (exact) mass is 213 g/mol. The Morgan fingerprint density at radius 3 is 1.79 bits per heavy atom. The van der Waals surface area contributed by atoms with Gasteiger partial charge in [-0.25, -0.2) is 0 Å². The zero-order valence-electron chi connectivity index (χ0n) is 10.4. The molecule has 83 valence electrons. The summed E-state index contributed by atoms with van der Waals surface area (Å²) in [4.78, 5) is 0. The summed E-state index contributed by atoms with van der Waals surface area (Å²) in [5, 5.41) is 0. The maximum absolute atomic E-state index is 2.38. The van der Waals surface area contributed by atoms with E-state index in [0.717, 1.165) is 0 Å². The number of hydrogen-bond donors (Lipinski definition) is 0. The number of rotatable bonds is 9. The lowest BCUT2D eigenvalue weighted by molar-refractivity contribution is 0.704. The van der Waals surface area contributed by atoms with Crippen LogP contribution in [0.3, 0.4) is 0 Å². The van der Waals surface area contributed by atoms with Gasteiger partial charge in [-0.15, -0.1) is 7.92 Å². The van der Waals surface area contributed by atoms with E-state index in [9.17, 15) is 0 Å². The third-order valence-corrected chi connectivity index (χ3v) is 5.39. The van der Waals surface area contributed by atoms with E-state index in [1.54, 1.807) is 6.16 Å². The molecule has 0 heterocycles. The molecule has 0 saturated heterocycles. The molecule has 0 spiro atoms. The van der Waals surface area contributed by atoms with Gasteiger partial charge in [-0.05, 0) is 31.3 Å². The molecule has 3 radical (unpaired) electrons. The number of unbranched alkanes of at least 4 members (excludes halogenated alkanes) is 4. The Morgan fingerprint density at radius 2 is 1.29 bits per heavy atom. The molecule has 14 heavy (non-hydrogen) atoms. The van der Waals surface area contributed by atoms with Gasteiger partial charge in [0.05, 0.1) is 0 Å². The molecule has 0 nitrogen and oxygen atoms in total. The predicted octanol–water partition coefficient (Wildman–Crippen LogP) is 4.49. The van der Waals surface area contributed by atoms with Crippen LogP contribution in [0.15, 0.2) is 0 Å². The molecule has 0 aliphatic heterocycles. The van der Waals surface area contributed by atoms with Crippen molar-refractivity contribution in [1.29, 1.82) is 0 Å². The summed E-state index contributed by atoms with van der Waals surface area (Å²) in [5.74, 6) is 0. The summed E-state index contributed by atoms with van der Waals surface area (Å²) in [7, 11) is 0.419. The lowest BCUT2D eigenvalue weighted by Crippen LogP contribution is -1.93. The van der Waals surface area contributed by atoms with E-state index >= 15 is 0 Å². The molecule has 2 heteroatoms. The third-order valence-electron chi connectivity index (χ3n) is 2.60. The topological polar surface area (TPSA) is 0 Å². The van der Waals surface area contributed by atoms with Gasteiger partial charge in [0.1, 0.15) is 0 Å². The Morgan fingerprint density at radius 1 is 0.714 bits per heavy atom. The van der Waals surface area contributed by atoms with Crippen LogP contribution in [0.4, 0.5) is 0 Å². The first-order valence-corrected chi connectivity index (χ1v) is 7.97. The fourth-order valence-corrected chi connectivity index (χ4v) is 3.86. The molecule has 0 aromatic rings. The van der Waals surface area contributed by atoms with Gasteiger partial charge in [-0.1, -0.05) is 46.5 Å². The quantitative estimate of drug-likeness (QED) is 0.301. The van der Waals surface area contributed by atoms with Crippen molar-refractivity contribution in [2.75, 3.05) is 18.5 Å². The second-order valence-electron chi connectivity index (χ2n) is 3.85. The van der Waals surface area contributed by atoms with Crippen molar-refractivity contribution in [1.82, 2.24) is 0 Å². The predicted molar refractivity (Wildman–Crippen MR) is 72.0 cm³/mol. The lowest BCUT2D eigenvalue weighted by Gasteiger charge is -2.14. The summed E-state index contributed by atoms with van der Waals surface area (Å²) in [6.45, 7) is 6.97. The zero-order valence-corrected chi connectivity index (χ0v) is 11.3. The van der Waals surface area contributed by atoms with Crippen LogP contribution in [-0.2, 0) is 0 Å². The van der Waals surface area contributed by atoms with Crippen LogP contribution in [0.25, 0.3) is 0 Å². The minimum atomic E-state index is 0. The molecule has 1 atom stereocenters. The zero-order chi connectivity index (χ0) is 9.94. The Balaban J connectivity index is 0. The van der Waals surface area contributed by atoms with E-state index in [0.29, 0.717) is 7.92 Å². The van der Waals surface area contributed by atoms with Crippen molar-refractivity contribution in [2.24, 2.45) is 0 Å². The molecule has 0 fully saturated rings. The summed E-state index contributed by atoms with van der Waals surface area (Å²) < 4.78 is 0. The van der Waals surface area contributed by atoms with Gasteiger partial charge in [-0.3, -0.25) is 0 Å². The fourth-order valence-electron chi connectivity index (χ4n) is 1.57. The van der Waals surface area contributed by atoms with E-state index in [2.05, 4.69) is 20.8 Å². The maximum atomic E-state index is 2.38. The molecule has 0 bridgehead atoms. The minimum absolute atomic E-state index is 0. The first-order valence-electron chi connectivity index (χ1n) is 6.07. The average Bonchev–Trinajstić information content (AvgIpc) is 2.17. The standard InChI is InChI=1S/C12H27P.B/c1-4-7-9-10-12-13(6-3)11-8-5-2;/h4-12H2,1-3H3;. The summed E-state index contributed by atoms with van der Waals surface area (Å²) >= 11 is 0. The molecule has 0 amide bonds. The molecule has 0 N–H and O–H groups in total. The molecule has 0 aliphatic rings. The first kappa shape index (κ1) is 16.9. The van der Waals surface area contributed by atoms with Crippen LogP contribution in [0, 0.1) is 0 Å². The van der Waals surface area contributed by atoms with E-state index in [1.165, 1.54) is 50.8 Å². The van der Waals surface area contributed by atoms with Gasteiger partial charge in [-0.2, -0.15) is 0 Å². The Hall–Kier alpha value is 0.495. The minimum Gasteiger partial charge on any atom is -0.107 e. The largest absolute Gasteiger partial charge is 0.107 e. The first-order chi connectivity index (χ1) is 6.35. The van der Waals surface area contributed by atoms with E-state index in [4.69, 9.17) is 0 Å². The van der Waals surface area contributed by atoms with Crippen LogP contribution in [-0.4, -0.2) is 26.9 Å². The molecule has 0 saturated carbocycles. The average molecular weight is 213 g/mol. The van der Waals surface area contributed by atoms with Crippen molar-refractivity contribution in [3.8, 4) is 0 Å². The smallest absolute Gasteiger partial charge is 0 e. The maximum Gasteiger partial charge on any atom is 0 e. The van der Waals surface area contributed by atoms with Gasteiger partial charge in [0.2, 0.25) is 0 Å². The fraction of sp³-hybridized carbons (Fsp3) is 1.00. The molecule has 0 aromatic carbocycles. The summed E-state index contributed by atoms with van der Waals surface area (Å²) in [5.41, 5.74) is 0. The van der Waals surface area contributed by atoms with Crippen LogP contribution < -0.4 is 0 Å². The second-order valence-corrected chi connectivity index (χ2v) is 6.72. The van der Waals surface area contributed by atoms with Gasteiger partial charge in [0, 0.05) is 8.41 Å². The van der Waals surface area contributed by atoms with Gasteiger partial charge < -0.3 is 0 Å². The van der Waals surface area contributed by atoms with Gasteiger partial charge in [0.25, 0.3) is 0 Å². The van der Waals surface area contributed by atoms with E-state index in [-0.39, 0.29) is 8.41 Å². The molecule has 0 aromatic heterocycles. The Kier molecular flexibility index (Phi) is 16.3. The molecule has 0 rings (SSSR count). The molecule has 1 unspecified atom stereocenters. The molecule has 0 aliphatic carbocycles.